The van der Waals surface area contributed by atoms with Crippen LogP contribution in [0.15, 0.2) is 30.3 Å². The van der Waals surface area contributed by atoms with E-state index in [0.717, 1.165) is 34.3 Å². The number of benzene rings is 2. The number of methoxy groups -OCH3 is 1. The fourth-order valence-corrected chi connectivity index (χ4v) is 6.73. The lowest BCUT2D eigenvalue weighted by Crippen LogP contribution is -2.48. The second-order valence-corrected chi connectivity index (χ2v) is 9.66. The number of fused-ring (bicyclic) bond motifs is 1. The molecule has 2 aromatic carbocycles. The largest absolute Gasteiger partial charge is 0.707 e. The van der Waals surface area contributed by atoms with Gasteiger partial charge in [0.15, 0.2) is 6.79 Å². The summed E-state index contributed by atoms with van der Waals surface area (Å²) in [5.74, 6) is 3.82. The van der Waals surface area contributed by atoms with Gasteiger partial charge in [0.05, 0.1) is 13.2 Å². The monoisotopic (exact) mass is 426 g/mol. The first-order valence-electron chi connectivity index (χ1n) is 11.4. The summed E-state index contributed by atoms with van der Waals surface area (Å²) in [5, 5.41) is 20.4. The quantitative estimate of drug-likeness (QED) is 0.362. The van der Waals surface area contributed by atoms with Crippen LogP contribution in [0.1, 0.15) is 44.1 Å². The van der Waals surface area contributed by atoms with Gasteiger partial charge >= 0.3 is 7.32 Å². The standard InChI is InChI=1S/C24H31BO6/c1-28-4-5-29-15-30-23-11-19-2-3-21(31-25(26)27)9-20(19)10-22(23)24-12-16-6-17(13-24)8-18(7-16)14-24/h2-3,9-11,16-18,26-27H,4-8,12-15H2,1H3. The number of hydrogen-bond acceptors (Lipinski definition) is 6. The molecule has 6 rings (SSSR count). The lowest BCUT2D eigenvalue weighted by molar-refractivity contribution is -0.0188. The van der Waals surface area contributed by atoms with Crippen molar-refractivity contribution in [1.82, 2.24) is 0 Å². The molecule has 7 heteroatoms. The summed E-state index contributed by atoms with van der Waals surface area (Å²) >= 11 is 0. The van der Waals surface area contributed by atoms with Gasteiger partial charge in [-0.3, -0.25) is 0 Å². The zero-order valence-electron chi connectivity index (χ0n) is 18.1. The van der Waals surface area contributed by atoms with Crippen LogP contribution in [0, 0.1) is 17.8 Å². The summed E-state index contributed by atoms with van der Waals surface area (Å²) in [6.45, 7) is 1.25. The van der Waals surface area contributed by atoms with E-state index in [1.807, 2.05) is 12.1 Å². The molecule has 2 N–H and O–H groups in total. The number of rotatable bonds is 9. The molecule has 0 saturated heterocycles. The third-order valence-electron chi connectivity index (χ3n) is 7.49. The maximum atomic E-state index is 9.18. The van der Waals surface area contributed by atoms with Crippen LogP contribution in [0.4, 0.5) is 0 Å². The van der Waals surface area contributed by atoms with E-state index in [1.165, 1.54) is 44.1 Å². The molecule has 31 heavy (non-hydrogen) atoms. The Morgan fingerprint density at radius 3 is 2.29 bits per heavy atom. The van der Waals surface area contributed by atoms with Crippen molar-refractivity contribution >= 4 is 18.1 Å². The van der Waals surface area contributed by atoms with Crippen molar-refractivity contribution in [2.75, 3.05) is 27.1 Å². The van der Waals surface area contributed by atoms with Crippen molar-refractivity contribution < 1.29 is 28.9 Å². The predicted molar refractivity (Wildman–Crippen MR) is 118 cm³/mol. The second-order valence-electron chi connectivity index (χ2n) is 9.66. The topological polar surface area (TPSA) is 77.4 Å². The summed E-state index contributed by atoms with van der Waals surface area (Å²) in [4.78, 5) is 0. The molecule has 0 radical (unpaired) electrons. The predicted octanol–water partition coefficient (Wildman–Crippen LogP) is 3.66. The minimum atomic E-state index is -1.83. The normalized spacial score (nSPS) is 28.8. The van der Waals surface area contributed by atoms with Gasteiger partial charge in [-0.1, -0.05) is 6.07 Å². The Hall–Kier alpha value is -1.80. The zero-order valence-corrected chi connectivity index (χ0v) is 18.1. The maximum absolute atomic E-state index is 9.18. The van der Waals surface area contributed by atoms with E-state index < -0.39 is 7.32 Å². The van der Waals surface area contributed by atoms with Crippen molar-refractivity contribution in [3.05, 3.63) is 35.9 Å². The van der Waals surface area contributed by atoms with Gasteiger partial charge in [0, 0.05) is 12.7 Å². The van der Waals surface area contributed by atoms with Crippen LogP contribution >= 0.6 is 0 Å². The van der Waals surface area contributed by atoms with Crippen LogP contribution in [0.3, 0.4) is 0 Å². The highest BCUT2D eigenvalue weighted by molar-refractivity contribution is 6.33. The number of ether oxygens (including phenoxy) is 3. The Bertz CT molecular complexity index is 894. The maximum Gasteiger partial charge on any atom is 0.707 e. The Morgan fingerprint density at radius 2 is 1.65 bits per heavy atom. The van der Waals surface area contributed by atoms with Crippen LogP contribution in [0.2, 0.25) is 0 Å². The van der Waals surface area contributed by atoms with E-state index in [0.29, 0.717) is 19.0 Å². The molecule has 0 spiro atoms. The van der Waals surface area contributed by atoms with Gasteiger partial charge in [0.2, 0.25) is 0 Å². The van der Waals surface area contributed by atoms with Crippen molar-refractivity contribution in [2.45, 2.75) is 43.9 Å². The molecule has 4 saturated carbocycles. The smallest absolute Gasteiger partial charge is 0.512 e. The van der Waals surface area contributed by atoms with Crippen LogP contribution < -0.4 is 9.39 Å². The summed E-state index contributed by atoms with van der Waals surface area (Å²) < 4.78 is 21.9. The van der Waals surface area contributed by atoms with Crippen molar-refractivity contribution in [2.24, 2.45) is 17.8 Å². The Balaban J connectivity index is 1.50. The molecule has 4 fully saturated rings. The van der Waals surface area contributed by atoms with Crippen LogP contribution in [-0.4, -0.2) is 44.5 Å². The molecule has 0 unspecified atom stereocenters. The highest BCUT2D eigenvalue weighted by Crippen LogP contribution is 2.62. The number of hydrogen-bond donors (Lipinski definition) is 2. The van der Waals surface area contributed by atoms with E-state index in [2.05, 4.69) is 12.1 Å². The molecule has 4 aliphatic rings. The zero-order chi connectivity index (χ0) is 21.4. The summed E-state index contributed by atoms with van der Waals surface area (Å²) in [5.41, 5.74) is 1.44. The first-order valence-corrected chi connectivity index (χ1v) is 11.4. The first kappa shape index (κ1) is 21.1. The van der Waals surface area contributed by atoms with Gasteiger partial charge in [-0.15, -0.1) is 0 Å². The van der Waals surface area contributed by atoms with E-state index >= 15 is 0 Å². The fourth-order valence-electron chi connectivity index (χ4n) is 6.73. The second kappa shape index (κ2) is 8.62. The molecule has 4 bridgehead atoms. The van der Waals surface area contributed by atoms with Gasteiger partial charge in [-0.25, -0.2) is 0 Å². The molecule has 0 atom stereocenters. The van der Waals surface area contributed by atoms with E-state index in [1.54, 1.807) is 13.2 Å². The van der Waals surface area contributed by atoms with E-state index in [-0.39, 0.29) is 12.2 Å². The van der Waals surface area contributed by atoms with Crippen molar-refractivity contribution in [3.63, 3.8) is 0 Å². The third kappa shape index (κ3) is 4.29. The van der Waals surface area contributed by atoms with E-state index in [4.69, 9.17) is 18.9 Å². The molecule has 6 nitrogen and oxygen atoms in total. The molecular formula is C24H31BO6. The summed E-state index contributed by atoms with van der Waals surface area (Å²) in [7, 11) is -0.168. The van der Waals surface area contributed by atoms with Crippen LogP contribution in [0.25, 0.3) is 10.8 Å². The van der Waals surface area contributed by atoms with Crippen LogP contribution in [-0.2, 0) is 14.9 Å². The fraction of sp³-hybridized carbons (Fsp3) is 0.583. The Morgan fingerprint density at radius 1 is 0.935 bits per heavy atom. The van der Waals surface area contributed by atoms with Gasteiger partial charge in [0.1, 0.15) is 11.5 Å². The molecule has 4 aliphatic carbocycles. The molecule has 0 aromatic heterocycles. The van der Waals surface area contributed by atoms with E-state index in [9.17, 15) is 10.0 Å². The Kier molecular flexibility index (Phi) is 5.86. The van der Waals surface area contributed by atoms with Crippen molar-refractivity contribution in [1.29, 1.82) is 0 Å². The molecule has 0 heterocycles. The summed E-state index contributed by atoms with van der Waals surface area (Å²) in [6, 6.07) is 9.88. The summed E-state index contributed by atoms with van der Waals surface area (Å²) in [6.07, 6.45) is 7.85. The van der Waals surface area contributed by atoms with Gasteiger partial charge < -0.3 is 28.9 Å². The van der Waals surface area contributed by atoms with Gasteiger partial charge in [-0.05, 0) is 96.7 Å². The lowest BCUT2D eigenvalue weighted by Gasteiger charge is -2.57. The van der Waals surface area contributed by atoms with Crippen LogP contribution in [0.5, 0.6) is 11.5 Å². The molecule has 166 valence electrons. The average Bonchev–Trinajstić information content (AvgIpc) is 2.71. The molecular weight excluding hydrogens is 395 g/mol. The first-order chi connectivity index (χ1) is 15.0. The molecule has 2 aromatic rings. The average molecular weight is 426 g/mol. The lowest BCUT2D eigenvalue weighted by atomic mass is 9.48. The minimum Gasteiger partial charge on any atom is -0.512 e. The highest BCUT2D eigenvalue weighted by atomic mass is 16.7. The van der Waals surface area contributed by atoms with Gasteiger partial charge in [-0.2, -0.15) is 0 Å². The molecule has 0 aliphatic heterocycles. The van der Waals surface area contributed by atoms with Gasteiger partial charge in [0.25, 0.3) is 0 Å². The highest BCUT2D eigenvalue weighted by Gasteiger charge is 2.52. The SMILES string of the molecule is COCCOCOc1cc2ccc(OB(O)O)cc2cc1C12CC3CC(CC(C3)C1)C2. The minimum absolute atomic E-state index is 0.165. The molecule has 0 amide bonds. The third-order valence-corrected chi connectivity index (χ3v) is 7.49. The van der Waals surface area contributed by atoms with Crippen molar-refractivity contribution in [3.8, 4) is 11.5 Å². The Labute approximate surface area is 183 Å².